The minimum atomic E-state index is -2.34. The topological polar surface area (TPSA) is 575 Å². The zero-order valence-electron chi connectivity index (χ0n) is 60.4. The molecule has 13 rings (SSSR count). The molecule has 11 bridgehead atoms. The molecule has 7 amide bonds. The van der Waals surface area contributed by atoms with Crippen molar-refractivity contribution in [2.75, 3.05) is 13.7 Å². The van der Waals surface area contributed by atoms with Crippen LogP contribution in [0.2, 0.25) is 5.02 Å². The largest absolute Gasteiger partial charge is 0.508 e. The molecule has 23 N–H and O–H groups in total. The van der Waals surface area contributed by atoms with Crippen LogP contribution < -0.4 is 68.6 Å². The molecule has 3 saturated heterocycles. The predicted octanol–water partition coefficient (Wildman–Crippen LogP) is -0.310. The molecular formula is C73H89ClN10O26. The number of aromatic hydroxyl groups is 3. The Balaban J connectivity index is 1.18. The number of primary amides is 1. The second-order valence-electron chi connectivity index (χ2n) is 29.1. The molecular weight excluding hydrogens is 1470 g/mol. The Morgan fingerprint density at radius 2 is 1.27 bits per heavy atom. The molecule has 0 radical (unpaired) electrons. The molecule has 22 atom stereocenters. The maximum absolute atomic E-state index is 16.3. The number of phenolic OH excluding ortho intramolecular Hbond substituents is 3. The molecule has 594 valence electrons. The summed E-state index contributed by atoms with van der Waals surface area (Å²) in [5.41, 5.74) is 13.6. The van der Waals surface area contributed by atoms with E-state index >= 15 is 19.2 Å². The number of benzene rings is 5. The van der Waals surface area contributed by atoms with Crippen molar-refractivity contribution in [2.45, 2.75) is 201 Å². The average Bonchev–Trinajstić information content (AvgIpc) is 0.765. The summed E-state index contributed by atoms with van der Waals surface area (Å²) in [5, 5.41) is 132. The standard InChI is InChI=1S/C73H89ClN10O26/c1-27(2)16-39(78-7)64(95)83-54-56(90)32-11-15-43(38(74)18-32)106-45-20-33-19-44(60(45)110-71-61(58(92)57(91)46(26-85)107-71)109-49-25-73(6,77)63(94)29(4)104-49)105-35-12-8-30(9-13-35)59(108-48-24-72(5,76)62(93)28(3)103-48)55-69(100)82-53(70(101)102)37-21-34(86)22-42(88)50(37)36-17-31(10-14-41(36)87)51(66(97)84-55)81-67(98)52(33)80-65(96)40(23-47(75)89)79-68(54)99/h8-15,17-22,27-29,39-40,46,48-49,51-59,61-63,71,78,85-88,90-94H,16,23-26,76-77H2,1-7H3,(H2,75,89)(H,79,99)(H,80,96)(H,81,98)(H,82,100)(H,83,95)(H,84,97)(H,101,102)/t28?,29?,39-,40+,46?,48?,49?,51-,52-,53+,54-,55+,56-,57?,58?,59-,61?,62?,63?,71?,72?,73?/m1/s1. The van der Waals surface area contributed by atoms with Crippen LogP contribution in [0.4, 0.5) is 0 Å². The zero-order valence-corrected chi connectivity index (χ0v) is 61.1. The highest BCUT2D eigenvalue weighted by atomic mass is 35.5. The highest BCUT2D eigenvalue weighted by molar-refractivity contribution is 6.32. The number of carbonyl (C=O) groups is 8. The van der Waals surface area contributed by atoms with Crippen LogP contribution in [0.5, 0.6) is 46.0 Å². The number of aliphatic hydroxyl groups is 6. The Morgan fingerprint density at radius 1 is 0.673 bits per heavy atom. The van der Waals surface area contributed by atoms with E-state index < -0.39 is 250 Å². The second kappa shape index (κ2) is 32.8. The van der Waals surface area contributed by atoms with Crippen molar-refractivity contribution < 1.29 is 127 Å². The smallest absolute Gasteiger partial charge is 0.330 e. The van der Waals surface area contributed by atoms with Crippen LogP contribution in [0.15, 0.2) is 84.9 Å². The summed E-state index contributed by atoms with van der Waals surface area (Å²) in [6, 6.07) is 1.51. The Labute approximate surface area is 633 Å². The number of ether oxygens (including phenoxy) is 8. The van der Waals surface area contributed by atoms with Crippen LogP contribution >= 0.6 is 11.6 Å². The van der Waals surface area contributed by atoms with Gasteiger partial charge in [0, 0.05) is 46.7 Å². The molecule has 8 aliphatic heterocycles. The van der Waals surface area contributed by atoms with Crippen LogP contribution in [0.1, 0.15) is 125 Å². The number of hydrogen-bond donors (Lipinski definition) is 20. The van der Waals surface area contributed by atoms with Crippen molar-refractivity contribution in [1.29, 1.82) is 0 Å². The average molecular weight is 1560 g/mol. The molecule has 8 aliphatic rings. The van der Waals surface area contributed by atoms with Gasteiger partial charge in [0.15, 0.2) is 36.2 Å². The Hall–Kier alpha value is -9.61. The molecule has 0 saturated carbocycles. The number of likely N-dealkylation sites (N-methyl/N-ethyl adjacent to an activating group) is 1. The summed E-state index contributed by atoms with van der Waals surface area (Å²) < 4.78 is 51.7. The van der Waals surface area contributed by atoms with Gasteiger partial charge in [-0.1, -0.05) is 49.7 Å². The summed E-state index contributed by atoms with van der Waals surface area (Å²) in [6.45, 7) is 8.66. The van der Waals surface area contributed by atoms with E-state index in [0.717, 1.165) is 48.5 Å². The van der Waals surface area contributed by atoms with Crippen molar-refractivity contribution in [3.8, 4) is 57.1 Å². The van der Waals surface area contributed by atoms with Crippen LogP contribution in [-0.2, 0) is 62.0 Å². The highest BCUT2D eigenvalue weighted by Gasteiger charge is 2.52. The third-order valence-electron chi connectivity index (χ3n) is 20.1. The molecule has 0 aliphatic carbocycles. The molecule has 110 heavy (non-hydrogen) atoms. The third kappa shape index (κ3) is 17.3. The summed E-state index contributed by atoms with van der Waals surface area (Å²) in [4.78, 5) is 120. The SMILES string of the molecule is CN[C@H](CC(C)C)C(=O)N[C@H]1C(=O)N[C@@H](CC(N)=O)C(=O)N[C@H]2C(=O)N[C@H]3C(=O)N[C@H](C(=O)N[C@H](C(=O)O)c4cc(O)cc(O)c4-c4cc3ccc4O)[C@H](OC3CC(C)(N)C(O)C(C)O3)c3ccc(cc3)Oc3cc2cc(c3OC2OC(CO)C(O)C(O)C2OC2CC(C)(N)C(O)C(C)O2)Oc2ccc(cc2Cl)[C@H]1O. The van der Waals surface area contributed by atoms with Crippen LogP contribution in [0.3, 0.4) is 0 Å². The number of fused-ring (bicyclic) bond motifs is 15. The maximum Gasteiger partial charge on any atom is 0.330 e. The van der Waals surface area contributed by atoms with E-state index in [1.54, 1.807) is 0 Å². The van der Waals surface area contributed by atoms with Gasteiger partial charge in [-0.3, -0.25) is 33.6 Å². The van der Waals surface area contributed by atoms with E-state index in [4.69, 9.17) is 66.7 Å². The van der Waals surface area contributed by atoms with E-state index in [9.17, 15) is 70.2 Å². The molecule has 37 heteroatoms. The number of aliphatic hydroxyl groups excluding tert-OH is 6. The Bertz CT molecular complexity index is 4350. The lowest BCUT2D eigenvalue weighted by Gasteiger charge is -2.47. The summed E-state index contributed by atoms with van der Waals surface area (Å²) >= 11 is 7.13. The lowest BCUT2D eigenvalue weighted by Crippen LogP contribution is -2.64. The zero-order chi connectivity index (χ0) is 80.0. The number of nitrogens with one attached hydrogen (secondary N) is 7. The molecule has 0 spiro atoms. The first-order valence-electron chi connectivity index (χ1n) is 35.2. The van der Waals surface area contributed by atoms with E-state index in [2.05, 4.69) is 37.2 Å². The number of halogens is 1. The summed E-state index contributed by atoms with van der Waals surface area (Å²) in [6.07, 6.45) is -22.4. The fraction of sp³-hybridized carbons (Fsp3) is 0.479. The fourth-order valence-electron chi connectivity index (χ4n) is 14.2. The normalized spacial score (nSPS) is 32.2. The number of carbonyl (C=O) groups excluding carboxylic acids is 7. The van der Waals surface area contributed by atoms with Gasteiger partial charge in [0.1, 0.15) is 89.5 Å². The van der Waals surface area contributed by atoms with Gasteiger partial charge in [-0.25, -0.2) is 4.79 Å². The molecule has 3 fully saturated rings. The molecule has 13 unspecified atom stereocenters. The molecule has 0 aromatic heterocycles. The Morgan fingerprint density at radius 3 is 1.87 bits per heavy atom. The number of phenols is 3. The lowest BCUT2D eigenvalue weighted by atomic mass is 9.86. The second-order valence-corrected chi connectivity index (χ2v) is 29.5. The number of amides is 7. The van der Waals surface area contributed by atoms with Crippen molar-refractivity contribution >= 4 is 58.9 Å². The molecule has 5 aromatic rings. The molecule has 36 nitrogen and oxygen atoms in total. The van der Waals surface area contributed by atoms with Gasteiger partial charge >= 0.3 is 5.97 Å². The van der Waals surface area contributed by atoms with Gasteiger partial charge in [-0.05, 0) is 124 Å². The van der Waals surface area contributed by atoms with E-state index in [1.807, 2.05) is 13.8 Å². The summed E-state index contributed by atoms with van der Waals surface area (Å²) in [5.74, 6) is -15.5. The van der Waals surface area contributed by atoms with Crippen molar-refractivity contribution in [3.05, 3.63) is 118 Å². The molecule has 5 aromatic carbocycles. The quantitative estimate of drug-likeness (QED) is 0.0639. The number of carboxylic acids is 1. The van der Waals surface area contributed by atoms with E-state index in [1.165, 1.54) is 71.1 Å². The van der Waals surface area contributed by atoms with Gasteiger partial charge in [-0.15, -0.1) is 0 Å². The van der Waals surface area contributed by atoms with Gasteiger partial charge in [0.25, 0.3) is 0 Å². The first-order chi connectivity index (χ1) is 51.8. The Kier molecular flexibility index (Phi) is 24.2. The van der Waals surface area contributed by atoms with Crippen LogP contribution in [-0.4, -0.2) is 215 Å². The van der Waals surface area contributed by atoms with E-state index in [0.29, 0.717) is 0 Å². The first kappa shape index (κ1) is 81.4. The van der Waals surface area contributed by atoms with E-state index in [-0.39, 0.29) is 58.4 Å². The first-order valence-corrected chi connectivity index (χ1v) is 35.6. The maximum atomic E-state index is 16.3. The van der Waals surface area contributed by atoms with Gasteiger partial charge in [0.2, 0.25) is 53.4 Å². The predicted molar refractivity (Wildman–Crippen MR) is 381 cm³/mol. The summed E-state index contributed by atoms with van der Waals surface area (Å²) in [7, 11) is 1.48. The van der Waals surface area contributed by atoms with Gasteiger partial charge in [-0.2, -0.15) is 0 Å². The number of rotatable bonds is 15. The fourth-order valence-corrected chi connectivity index (χ4v) is 14.4. The molecule has 8 heterocycles. The van der Waals surface area contributed by atoms with Crippen LogP contribution in [0.25, 0.3) is 11.1 Å². The van der Waals surface area contributed by atoms with Gasteiger partial charge in [0.05, 0.1) is 48.5 Å². The number of aliphatic carboxylic acids is 1. The van der Waals surface area contributed by atoms with Crippen molar-refractivity contribution in [2.24, 2.45) is 23.1 Å². The van der Waals surface area contributed by atoms with Crippen LogP contribution in [0, 0.1) is 5.92 Å². The minimum absolute atomic E-state index is 0.0420. The number of nitrogens with two attached hydrogens (primary N) is 3. The number of hydrogen-bond acceptors (Lipinski definition) is 28. The highest BCUT2D eigenvalue weighted by Crippen LogP contribution is 2.50. The minimum Gasteiger partial charge on any atom is -0.508 e. The van der Waals surface area contributed by atoms with Crippen molar-refractivity contribution in [1.82, 2.24) is 37.2 Å². The lowest BCUT2D eigenvalue weighted by molar-refractivity contribution is -0.333. The van der Waals surface area contributed by atoms with Gasteiger partial charge < -0.3 is 143 Å². The van der Waals surface area contributed by atoms with Crippen molar-refractivity contribution in [3.63, 3.8) is 0 Å². The number of carboxylic acid groups (broad SMARTS) is 1. The monoisotopic (exact) mass is 1560 g/mol. The third-order valence-corrected chi connectivity index (χ3v) is 20.4.